The lowest BCUT2D eigenvalue weighted by Gasteiger charge is -2.54. The van der Waals surface area contributed by atoms with E-state index < -0.39 is 5.72 Å². The minimum Gasteiger partial charge on any atom is -0.375 e. The summed E-state index contributed by atoms with van der Waals surface area (Å²) in [5.74, 6) is 0.363. The van der Waals surface area contributed by atoms with E-state index in [2.05, 4.69) is 76.0 Å². The first-order valence-corrected chi connectivity index (χ1v) is 12.7. The van der Waals surface area contributed by atoms with E-state index in [0.717, 1.165) is 12.0 Å². The van der Waals surface area contributed by atoms with Crippen molar-refractivity contribution in [3.05, 3.63) is 70.9 Å². The summed E-state index contributed by atoms with van der Waals surface area (Å²) in [6, 6.07) is 0.358. The van der Waals surface area contributed by atoms with Gasteiger partial charge in [-0.1, -0.05) is 48.6 Å². The molecule has 0 aromatic heterocycles. The molecule has 2 bridgehead atoms. The van der Waals surface area contributed by atoms with Crippen LogP contribution in [0.25, 0.3) is 0 Å². The van der Waals surface area contributed by atoms with Crippen molar-refractivity contribution in [2.45, 2.75) is 67.9 Å². The number of hydrogen-bond acceptors (Lipinski definition) is 6. The number of fused-ring (bicyclic) bond motifs is 13. The number of nitrogens with zero attached hydrogens (tertiary/aromatic N) is 2. The topological polar surface area (TPSA) is 66.1 Å². The van der Waals surface area contributed by atoms with Crippen molar-refractivity contribution in [1.29, 1.82) is 0 Å². The fraction of sp³-hybridized carbons (Fsp3) is 0.464. The van der Waals surface area contributed by atoms with E-state index in [9.17, 15) is 4.79 Å². The van der Waals surface area contributed by atoms with Gasteiger partial charge in [0, 0.05) is 43.5 Å². The second-order valence-electron chi connectivity index (χ2n) is 10.8. The van der Waals surface area contributed by atoms with Gasteiger partial charge in [0.05, 0.1) is 29.0 Å². The highest BCUT2D eigenvalue weighted by atomic mass is 16.6. The smallest absolute Gasteiger partial charge is 0.252 e. The Morgan fingerprint density at radius 2 is 1.77 bits per heavy atom. The molecule has 7 aliphatic rings. The first kappa shape index (κ1) is 20.3. The molecular weight excluding hydrogens is 440 g/mol. The van der Waals surface area contributed by atoms with E-state index in [0.29, 0.717) is 6.54 Å². The van der Waals surface area contributed by atoms with Crippen LogP contribution in [-0.2, 0) is 16.0 Å². The van der Waals surface area contributed by atoms with E-state index in [1.54, 1.807) is 7.11 Å². The summed E-state index contributed by atoms with van der Waals surface area (Å²) < 4.78 is 13.4. The largest absolute Gasteiger partial charge is 0.375 e. The van der Waals surface area contributed by atoms with Crippen molar-refractivity contribution in [3.63, 3.8) is 0 Å². The zero-order chi connectivity index (χ0) is 23.6. The summed E-state index contributed by atoms with van der Waals surface area (Å²) in [6.45, 7) is 2.79. The molecule has 1 fully saturated rings. The first-order valence-electron chi connectivity index (χ1n) is 12.7. The van der Waals surface area contributed by atoms with Gasteiger partial charge in [-0.3, -0.25) is 4.79 Å². The molecule has 0 unspecified atom stereocenters. The number of likely N-dealkylation sites (N-methyl/N-ethyl adjacent to an activating group) is 1. The number of anilines is 2. The number of carbonyl (C=O) groups is 1. The van der Waals surface area contributed by atoms with E-state index in [4.69, 9.17) is 9.47 Å². The highest BCUT2D eigenvalue weighted by Crippen LogP contribution is 2.64. The number of carbonyl (C=O) groups excluding carboxylic acids is 1. The molecule has 0 spiro atoms. The molecule has 2 aliphatic carbocycles. The van der Waals surface area contributed by atoms with Crippen LogP contribution in [0.15, 0.2) is 48.6 Å². The number of ether oxygens (including phenoxy) is 2. The summed E-state index contributed by atoms with van der Waals surface area (Å²) in [5, 5.41) is 6.72. The van der Waals surface area contributed by atoms with Gasteiger partial charge in [0.1, 0.15) is 12.3 Å². The van der Waals surface area contributed by atoms with Crippen molar-refractivity contribution >= 4 is 17.3 Å². The van der Waals surface area contributed by atoms with Crippen LogP contribution in [0.2, 0.25) is 0 Å². The molecule has 1 amide bonds. The van der Waals surface area contributed by atoms with Crippen molar-refractivity contribution in [3.8, 4) is 0 Å². The van der Waals surface area contributed by atoms with Crippen LogP contribution < -0.4 is 20.4 Å². The van der Waals surface area contributed by atoms with Crippen LogP contribution in [0.4, 0.5) is 11.4 Å². The number of nitrogens with one attached hydrogen (secondary N) is 2. The Kier molecular flexibility index (Phi) is 3.87. The van der Waals surface area contributed by atoms with Gasteiger partial charge in [-0.25, -0.2) is 0 Å². The quantitative estimate of drug-likeness (QED) is 0.693. The maximum Gasteiger partial charge on any atom is 0.252 e. The Bertz CT molecular complexity index is 1300. The molecule has 180 valence electrons. The first-order chi connectivity index (χ1) is 17.1. The van der Waals surface area contributed by atoms with Gasteiger partial charge in [0.25, 0.3) is 5.91 Å². The zero-order valence-electron chi connectivity index (χ0n) is 20.2. The SMILES string of the molecule is CN[C@@H]1C[C@H]2O[C@@](C)([C@@H]1OC)N1c3c(c4c(c5c3N2[C@@H]2C=CC=C[C@@H]52)C(=O)NC4)[C@H]2C=CC=C[C@H]21. The zero-order valence-corrected chi connectivity index (χ0v) is 20.2. The van der Waals surface area contributed by atoms with Gasteiger partial charge in [-0.15, -0.1) is 0 Å². The number of amides is 1. The lowest BCUT2D eigenvalue weighted by molar-refractivity contribution is -0.199. The molecule has 5 heterocycles. The number of rotatable bonds is 2. The van der Waals surface area contributed by atoms with Gasteiger partial charge in [-0.05, 0) is 25.1 Å². The second kappa shape index (κ2) is 6.66. The number of allylic oxidation sites excluding steroid dienone is 4. The fourth-order valence-corrected chi connectivity index (χ4v) is 8.21. The molecule has 1 aromatic carbocycles. The predicted molar refractivity (Wildman–Crippen MR) is 134 cm³/mol. The molecule has 8 atom stereocenters. The normalized spacial score (nSPS) is 40.4. The molecule has 5 aliphatic heterocycles. The Morgan fingerprint density at radius 1 is 1.06 bits per heavy atom. The van der Waals surface area contributed by atoms with Crippen LogP contribution >= 0.6 is 0 Å². The lowest BCUT2D eigenvalue weighted by atomic mass is 9.82. The third-order valence-electron chi connectivity index (χ3n) is 9.42. The summed E-state index contributed by atoms with van der Waals surface area (Å²) in [7, 11) is 3.82. The third-order valence-corrected chi connectivity index (χ3v) is 9.42. The molecule has 0 saturated carbocycles. The average Bonchev–Trinajstić information content (AvgIpc) is 3.51. The minimum atomic E-state index is -0.679. The number of methoxy groups -OCH3 is 1. The predicted octanol–water partition coefficient (Wildman–Crippen LogP) is 2.81. The summed E-state index contributed by atoms with van der Waals surface area (Å²) in [6.07, 6.45) is 18.2. The summed E-state index contributed by atoms with van der Waals surface area (Å²) >= 11 is 0. The third kappa shape index (κ3) is 2.22. The molecule has 2 N–H and O–H groups in total. The fourth-order valence-electron chi connectivity index (χ4n) is 8.21. The molecule has 0 radical (unpaired) electrons. The Hall–Kier alpha value is -2.87. The van der Waals surface area contributed by atoms with Gasteiger partial charge in [0.15, 0.2) is 5.72 Å². The number of benzene rings is 1. The maximum absolute atomic E-state index is 13.4. The molecule has 1 saturated heterocycles. The second-order valence-corrected chi connectivity index (χ2v) is 10.8. The maximum atomic E-state index is 13.4. The molecule has 1 aromatic rings. The molecule has 35 heavy (non-hydrogen) atoms. The van der Waals surface area contributed by atoms with Crippen LogP contribution in [0.5, 0.6) is 0 Å². The van der Waals surface area contributed by atoms with Gasteiger partial charge in [0.2, 0.25) is 0 Å². The standard InChI is InChI=1S/C28H30N4O3/c1-28-26(34-3)17(29-2)12-20(35-28)31-18-10-6-4-8-14(18)22-23-16(13-30-27(23)33)21-15-9-5-7-11-19(15)32(28)25(21)24(22)31/h4-11,14-15,17-20,26,29H,12-13H2,1-3H3,(H,30,33)/t14-,15+,17-,18-,19-,20-,26-,28+/m1/s1. The van der Waals surface area contributed by atoms with Crippen molar-refractivity contribution in [2.24, 2.45) is 0 Å². The van der Waals surface area contributed by atoms with E-state index in [1.807, 2.05) is 7.05 Å². The molecule has 7 nitrogen and oxygen atoms in total. The van der Waals surface area contributed by atoms with Gasteiger partial charge >= 0.3 is 0 Å². The van der Waals surface area contributed by atoms with E-state index in [-0.39, 0.29) is 48.2 Å². The van der Waals surface area contributed by atoms with Crippen molar-refractivity contribution in [1.82, 2.24) is 10.6 Å². The molecule has 8 rings (SSSR count). The van der Waals surface area contributed by atoms with E-state index in [1.165, 1.54) is 28.1 Å². The Morgan fingerprint density at radius 3 is 2.51 bits per heavy atom. The van der Waals surface area contributed by atoms with Crippen LogP contribution in [0, 0.1) is 0 Å². The van der Waals surface area contributed by atoms with Gasteiger partial charge < -0.3 is 29.9 Å². The average molecular weight is 471 g/mol. The van der Waals surface area contributed by atoms with E-state index >= 15 is 0 Å². The van der Waals surface area contributed by atoms with Crippen LogP contribution in [0.1, 0.15) is 52.2 Å². The van der Waals surface area contributed by atoms with Crippen LogP contribution in [-0.4, -0.2) is 56.2 Å². The molecule has 7 heteroatoms. The summed E-state index contributed by atoms with van der Waals surface area (Å²) in [4.78, 5) is 18.4. The highest BCUT2D eigenvalue weighted by molar-refractivity contribution is 6.06. The highest BCUT2D eigenvalue weighted by Gasteiger charge is 2.63. The minimum absolute atomic E-state index is 0.0603. The monoisotopic (exact) mass is 470 g/mol. The molecular formula is C28H30N4O3. The summed E-state index contributed by atoms with van der Waals surface area (Å²) in [5.41, 5.74) is 6.28. The number of hydrogen-bond donors (Lipinski definition) is 2. The van der Waals surface area contributed by atoms with Gasteiger partial charge in [-0.2, -0.15) is 0 Å². The van der Waals surface area contributed by atoms with Crippen molar-refractivity contribution < 1.29 is 14.3 Å². The van der Waals surface area contributed by atoms with Crippen LogP contribution in [0.3, 0.4) is 0 Å². The lowest BCUT2D eigenvalue weighted by Crippen LogP contribution is -2.70. The Labute approximate surface area is 205 Å². The Balaban J connectivity index is 1.51. The van der Waals surface area contributed by atoms with Crippen molar-refractivity contribution in [2.75, 3.05) is 24.0 Å².